The molecule has 1 aliphatic heterocycles. The van der Waals surface area contributed by atoms with Crippen molar-refractivity contribution >= 4 is 10.0 Å². The quantitative estimate of drug-likeness (QED) is 0.820. The second-order valence-electron chi connectivity index (χ2n) is 5.97. The molecule has 1 aromatic rings. The van der Waals surface area contributed by atoms with Gasteiger partial charge >= 0.3 is 0 Å². The maximum absolute atomic E-state index is 12.6. The average Bonchev–Trinajstić information content (AvgIpc) is 3.21. The average molecular weight is 309 g/mol. The summed E-state index contributed by atoms with van der Waals surface area (Å²) in [5, 5.41) is 3.02. The van der Waals surface area contributed by atoms with Crippen molar-refractivity contribution in [2.45, 2.75) is 42.8 Å². The molecule has 0 spiro atoms. The normalized spacial score (nSPS) is 23.6. The van der Waals surface area contributed by atoms with Gasteiger partial charge in [-0.05, 0) is 37.9 Å². The molecule has 2 fully saturated rings. The van der Waals surface area contributed by atoms with Crippen molar-refractivity contribution in [3.63, 3.8) is 0 Å². The Balaban J connectivity index is 1.72. The molecule has 0 aromatic heterocycles. The van der Waals surface area contributed by atoms with Gasteiger partial charge in [0.05, 0.1) is 4.90 Å². The van der Waals surface area contributed by atoms with Crippen molar-refractivity contribution in [3.05, 3.63) is 29.8 Å². The number of likely N-dealkylation sites (tertiary alicyclic amines) is 1. The minimum atomic E-state index is -3.44. The highest BCUT2D eigenvalue weighted by Gasteiger charge is 2.36. The van der Waals surface area contributed by atoms with Gasteiger partial charge in [-0.2, -0.15) is 0 Å². The first-order chi connectivity index (χ1) is 10.1. The Kier molecular flexibility index (Phi) is 4.31. The third-order valence-corrected chi connectivity index (χ3v) is 5.86. The van der Waals surface area contributed by atoms with Crippen LogP contribution < -0.4 is 10.0 Å². The zero-order valence-electron chi connectivity index (χ0n) is 12.4. The van der Waals surface area contributed by atoms with E-state index in [9.17, 15) is 8.42 Å². The summed E-state index contributed by atoms with van der Waals surface area (Å²) in [5.74, 6) is 0. The lowest BCUT2D eigenvalue weighted by atomic mass is 10.2. The smallest absolute Gasteiger partial charge is 0.241 e. The topological polar surface area (TPSA) is 61.4 Å². The summed E-state index contributed by atoms with van der Waals surface area (Å²) in [6.07, 6.45) is 3.44. The zero-order valence-corrected chi connectivity index (χ0v) is 13.2. The molecule has 3 rings (SSSR count). The molecule has 1 atom stereocenters. The van der Waals surface area contributed by atoms with Crippen LogP contribution in [-0.2, 0) is 16.6 Å². The Morgan fingerprint density at radius 3 is 2.71 bits per heavy atom. The minimum Gasteiger partial charge on any atom is -0.316 e. The molecule has 2 aliphatic rings. The van der Waals surface area contributed by atoms with Crippen LogP contribution in [0.4, 0.5) is 0 Å². The van der Waals surface area contributed by atoms with E-state index in [1.165, 1.54) is 12.8 Å². The number of hydrogen-bond donors (Lipinski definition) is 2. The molecule has 116 valence electrons. The van der Waals surface area contributed by atoms with Crippen LogP contribution in [0.25, 0.3) is 0 Å². The molecular formula is C15H23N3O2S. The van der Waals surface area contributed by atoms with E-state index in [1.807, 2.05) is 19.2 Å². The third-order valence-electron chi connectivity index (χ3n) is 4.23. The van der Waals surface area contributed by atoms with Crippen LogP contribution >= 0.6 is 0 Å². The van der Waals surface area contributed by atoms with E-state index in [2.05, 4.69) is 14.9 Å². The molecule has 5 nitrogen and oxygen atoms in total. The number of rotatable bonds is 6. The van der Waals surface area contributed by atoms with Crippen molar-refractivity contribution in [2.75, 3.05) is 20.1 Å². The molecule has 6 heteroatoms. The molecular weight excluding hydrogens is 286 g/mol. The number of nitrogens with one attached hydrogen (secondary N) is 2. The molecule has 2 N–H and O–H groups in total. The Morgan fingerprint density at radius 1 is 1.24 bits per heavy atom. The molecule has 1 saturated heterocycles. The van der Waals surface area contributed by atoms with Gasteiger partial charge in [-0.3, -0.25) is 4.90 Å². The monoisotopic (exact) mass is 309 g/mol. The van der Waals surface area contributed by atoms with Gasteiger partial charge in [-0.15, -0.1) is 0 Å². The first-order valence-corrected chi connectivity index (χ1v) is 9.07. The van der Waals surface area contributed by atoms with Crippen LogP contribution in [0.3, 0.4) is 0 Å². The zero-order chi connectivity index (χ0) is 14.9. The predicted molar refractivity (Wildman–Crippen MR) is 82.5 cm³/mol. The van der Waals surface area contributed by atoms with Crippen LogP contribution in [0.2, 0.25) is 0 Å². The third kappa shape index (κ3) is 3.45. The second kappa shape index (κ2) is 6.04. The number of benzene rings is 1. The Morgan fingerprint density at radius 2 is 2.00 bits per heavy atom. The molecule has 1 aromatic carbocycles. The standard InChI is InChI=1S/C15H23N3O2S/c1-16-10-12-4-2-3-5-15(12)21(19,20)17-13-8-9-18(11-13)14-6-7-14/h2-5,13-14,16-17H,6-11H2,1H3. The molecule has 1 heterocycles. The van der Waals surface area contributed by atoms with E-state index in [1.54, 1.807) is 12.1 Å². The first kappa shape index (κ1) is 15.0. The molecule has 21 heavy (non-hydrogen) atoms. The van der Waals surface area contributed by atoms with Crippen molar-refractivity contribution in [1.82, 2.24) is 14.9 Å². The highest BCUT2D eigenvalue weighted by molar-refractivity contribution is 7.89. The van der Waals surface area contributed by atoms with Gasteiger partial charge in [0.1, 0.15) is 0 Å². The summed E-state index contributed by atoms with van der Waals surface area (Å²) in [5.41, 5.74) is 0.810. The van der Waals surface area contributed by atoms with E-state index in [4.69, 9.17) is 0 Å². The van der Waals surface area contributed by atoms with Crippen LogP contribution in [0.1, 0.15) is 24.8 Å². The van der Waals surface area contributed by atoms with Gasteiger partial charge in [0.2, 0.25) is 10.0 Å². The van der Waals surface area contributed by atoms with Gasteiger partial charge in [0.25, 0.3) is 0 Å². The van der Waals surface area contributed by atoms with E-state index < -0.39 is 10.0 Å². The lowest BCUT2D eigenvalue weighted by molar-refractivity contribution is 0.322. The van der Waals surface area contributed by atoms with E-state index in [-0.39, 0.29) is 6.04 Å². The summed E-state index contributed by atoms with van der Waals surface area (Å²) in [4.78, 5) is 2.80. The maximum Gasteiger partial charge on any atom is 0.241 e. The summed E-state index contributed by atoms with van der Waals surface area (Å²) < 4.78 is 28.1. The van der Waals surface area contributed by atoms with Crippen LogP contribution in [0.5, 0.6) is 0 Å². The van der Waals surface area contributed by atoms with Crippen LogP contribution in [-0.4, -0.2) is 45.5 Å². The van der Waals surface area contributed by atoms with Crippen LogP contribution in [0.15, 0.2) is 29.2 Å². The van der Waals surface area contributed by atoms with Crippen molar-refractivity contribution in [2.24, 2.45) is 0 Å². The number of nitrogens with zero attached hydrogens (tertiary/aromatic N) is 1. The van der Waals surface area contributed by atoms with Crippen molar-refractivity contribution < 1.29 is 8.42 Å². The number of hydrogen-bond acceptors (Lipinski definition) is 4. The van der Waals surface area contributed by atoms with Gasteiger partial charge in [-0.1, -0.05) is 18.2 Å². The van der Waals surface area contributed by atoms with Gasteiger partial charge < -0.3 is 5.32 Å². The maximum atomic E-state index is 12.6. The van der Waals surface area contributed by atoms with Crippen molar-refractivity contribution in [1.29, 1.82) is 0 Å². The van der Waals surface area contributed by atoms with Crippen molar-refractivity contribution in [3.8, 4) is 0 Å². The van der Waals surface area contributed by atoms with E-state index >= 15 is 0 Å². The summed E-state index contributed by atoms with van der Waals surface area (Å²) in [7, 11) is -1.62. The molecule has 1 saturated carbocycles. The Hall–Kier alpha value is -0.950. The van der Waals surface area contributed by atoms with E-state index in [0.717, 1.165) is 25.1 Å². The number of sulfonamides is 1. The molecule has 0 bridgehead atoms. The second-order valence-corrected chi connectivity index (χ2v) is 7.65. The summed E-state index contributed by atoms with van der Waals surface area (Å²) in [6, 6.07) is 7.93. The molecule has 0 radical (unpaired) electrons. The summed E-state index contributed by atoms with van der Waals surface area (Å²) in [6.45, 7) is 2.41. The van der Waals surface area contributed by atoms with Gasteiger partial charge in [0.15, 0.2) is 0 Å². The SMILES string of the molecule is CNCc1ccccc1S(=O)(=O)NC1CCN(C2CC2)C1. The fourth-order valence-electron chi connectivity index (χ4n) is 3.04. The molecule has 1 unspecified atom stereocenters. The highest BCUT2D eigenvalue weighted by atomic mass is 32.2. The lowest BCUT2D eigenvalue weighted by Gasteiger charge is -2.17. The largest absolute Gasteiger partial charge is 0.316 e. The van der Waals surface area contributed by atoms with Gasteiger partial charge in [0, 0.05) is 31.7 Å². The van der Waals surface area contributed by atoms with Crippen LogP contribution in [0, 0.1) is 0 Å². The highest BCUT2D eigenvalue weighted by Crippen LogP contribution is 2.30. The Bertz CT molecular complexity index is 599. The predicted octanol–water partition coefficient (Wildman–Crippen LogP) is 0.921. The lowest BCUT2D eigenvalue weighted by Crippen LogP contribution is -2.38. The summed E-state index contributed by atoms with van der Waals surface area (Å²) >= 11 is 0. The first-order valence-electron chi connectivity index (χ1n) is 7.59. The molecule has 1 aliphatic carbocycles. The minimum absolute atomic E-state index is 0.0400. The Labute approximate surface area is 126 Å². The molecule has 0 amide bonds. The van der Waals surface area contributed by atoms with E-state index in [0.29, 0.717) is 17.5 Å². The fourth-order valence-corrected chi connectivity index (χ4v) is 4.54. The van der Waals surface area contributed by atoms with Gasteiger partial charge in [-0.25, -0.2) is 13.1 Å². The fraction of sp³-hybridized carbons (Fsp3) is 0.600.